The Morgan fingerprint density at radius 3 is 2.29 bits per heavy atom. The summed E-state index contributed by atoms with van der Waals surface area (Å²) < 4.78 is 4.92. The maximum absolute atomic E-state index is 4.92. The Hall–Kier alpha value is 0.467. The van der Waals surface area contributed by atoms with Gasteiger partial charge in [-0.15, -0.1) is 12.4 Å². The average Bonchev–Trinajstić information content (AvgIpc) is 1.61. The van der Waals surface area contributed by atoms with Crippen LogP contribution in [0.2, 0.25) is 0 Å². The molecule has 0 amide bonds. The third kappa shape index (κ3) is 10.7. The van der Waals surface area contributed by atoms with E-state index in [4.69, 9.17) is 4.43 Å². The summed E-state index contributed by atoms with van der Waals surface area (Å²) in [5.41, 5.74) is 0. The summed E-state index contributed by atoms with van der Waals surface area (Å²) in [4.78, 5) is 0. The molecule has 0 rings (SSSR count). The predicted octanol–water partition coefficient (Wildman–Crippen LogP) is 0.505. The lowest BCUT2D eigenvalue weighted by Gasteiger charge is -1.90. The zero-order chi connectivity index (χ0) is 4.83. The van der Waals surface area contributed by atoms with Gasteiger partial charge in [-0.2, -0.15) is 0 Å². The molecule has 0 heterocycles. The molecule has 0 bridgehead atoms. The summed E-state index contributed by atoms with van der Waals surface area (Å²) in [6.45, 7) is 3.14. The van der Waals surface area contributed by atoms with Crippen molar-refractivity contribution in [1.29, 1.82) is 0 Å². The molecular formula is C4H13ClOSi. The van der Waals surface area contributed by atoms with Crippen LogP contribution in [0.3, 0.4) is 0 Å². The molecule has 0 aromatic rings. The highest BCUT2D eigenvalue weighted by atomic mass is 35.5. The highest BCUT2D eigenvalue weighted by Crippen LogP contribution is 1.82. The summed E-state index contributed by atoms with van der Waals surface area (Å²) in [5.74, 6) is 0. The summed E-state index contributed by atoms with van der Waals surface area (Å²) in [7, 11) is 0.903. The molecule has 0 aromatic heterocycles. The van der Waals surface area contributed by atoms with Crippen molar-refractivity contribution in [2.75, 3.05) is 6.61 Å². The van der Waals surface area contributed by atoms with Gasteiger partial charge in [0.2, 0.25) is 0 Å². The molecule has 3 heteroatoms. The van der Waals surface area contributed by atoms with Gasteiger partial charge in [0.05, 0.1) is 0 Å². The summed E-state index contributed by atoms with van der Waals surface area (Å²) in [6, 6.07) is 0. The first-order chi connectivity index (χ1) is 2.91. The van der Waals surface area contributed by atoms with E-state index in [1.807, 2.05) is 0 Å². The Kier molecular flexibility index (Phi) is 14.5. The van der Waals surface area contributed by atoms with E-state index in [2.05, 4.69) is 6.92 Å². The van der Waals surface area contributed by atoms with Crippen LogP contribution in [0, 0.1) is 0 Å². The molecule has 0 aromatic carbocycles. The van der Waals surface area contributed by atoms with Crippen molar-refractivity contribution in [2.24, 2.45) is 0 Å². The second kappa shape index (κ2) is 9.69. The van der Waals surface area contributed by atoms with Gasteiger partial charge in [-0.3, -0.25) is 0 Å². The first kappa shape index (κ1) is 10.4. The van der Waals surface area contributed by atoms with E-state index in [1.54, 1.807) is 0 Å². The average molecular weight is 141 g/mol. The van der Waals surface area contributed by atoms with E-state index in [0.29, 0.717) is 0 Å². The van der Waals surface area contributed by atoms with E-state index >= 15 is 0 Å². The molecule has 0 aliphatic rings. The lowest BCUT2D eigenvalue weighted by atomic mass is 10.4. The van der Waals surface area contributed by atoms with Gasteiger partial charge in [-0.1, -0.05) is 13.3 Å². The lowest BCUT2D eigenvalue weighted by molar-refractivity contribution is 0.339. The molecule has 0 atom stereocenters. The molecule has 0 saturated carbocycles. The van der Waals surface area contributed by atoms with Gasteiger partial charge in [0.15, 0.2) is 0 Å². The minimum atomic E-state index is 0. The highest BCUT2D eigenvalue weighted by Gasteiger charge is 1.74. The van der Waals surface area contributed by atoms with E-state index < -0.39 is 0 Å². The highest BCUT2D eigenvalue weighted by molar-refractivity contribution is 5.97. The molecular weight excluding hydrogens is 128 g/mol. The molecule has 1 nitrogen and oxygen atoms in total. The molecule has 0 unspecified atom stereocenters. The topological polar surface area (TPSA) is 9.23 Å². The zero-order valence-electron chi connectivity index (χ0n) is 4.94. The van der Waals surface area contributed by atoms with Crippen LogP contribution in [0.1, 0.15) is 19.8 Å². The molecule has 0 saturated heterocycles. The fourth-order valence-electron chi connectivity index (χ4n) is 0.289. The lowest BCUT2D eigenvalue weighted by Crippen LogP contribution is -1.85. The molecule has 7 heavy (non-hydrogen) atoms. The molecule has 0 aliphatic heterocycles. The van der Waals surface area contributed by atoms with Crippen LogP contribution in [0.5, 0.6) is 0 Å². The normalized spacial score (nSPS) is 8.14. The maximum Gasteiger partial charge on any atom is 0.145 e. The molecule has 0 aliphatic carbocycles. The third-order valence-electron chi connectivity index (χ3n) is 0.702. The van der Waals surface area contributed by atoms with Crippen LogP contribution in [-0.2, 0) is 4.43 Å². The van der Waals surface area contributed by atoms with E-state index in [1.165, 1.54) is 12.8 Å². The van der Waals surface area contributed by atoms with E-state index in [9.17, 15) is 0 Å². The van der Waals surface area contributed by atoms with Crippen LogP contribution in [-0.4, -0.2) is 17.1 Å². The fourth-order valence-corrected chi connectivity index (χ4v) is 0.577. The molecule has 0 radical (unpaired) electrons. The second-order valence-electron chi connectivity index (χ2n) is 1.35. The van der Waals surface area contributed by atoms with E-state index in [-0.39, 0.29) is 12.4 Å². The van der Waals surface area contributed by atoms with Crippen molar-refractivity contribution in [3.63, 3.8) is 0 Å². The molecule has 0 spiro atoms. The summed E-state index contributed by atoms with van der Waals surface area (Å²) in [5, 5.41) is 0. The Morgan fingerprint density at radius 2 is 2.14 bits per heavy atom. The number of rotatable bonds is 3. The first-order valence-electron chi connectivity index (χ1n) is 2.40. The monoisotopic (exact) mass is 140 g/mol. The first-order valence-corrected chi connectivity index (χ1v) is 3.22. The summed E-state index contributed by atoms with van der Waals surface area (Å²) in [6.07, 6.45) is 2.48. The number of hydrogen-bond donors (Lipinski definition) is 0. The Labute approximate surface area is 54.4 Å². The van der Waals surface area contributed by atoms with Gasteiger partial charge < -0.3 is 4.43 Å². The van der Waals surface area contributed by atoms with Crippen molar-refractivity contribution >= 4 is 22.9 Å². The van der Waals surface area contributed by atoms with Crippen LogP contribution in [0.15, 0.2) is 0 Å². The van der Waals surface area contributed by atoms with Crippen molar-refractivity contribution in [3.05, 3.63) is 0 Å². The van der Waals surface area contributed by atoms with Gasteiger partial charge in [0.1, 0.15) is 10.5 Å². The SMILES string of the molecule is CCCCO[SiH3].Cl. The number of halogens is 1. The van der Waals surface area contributed by atoms with Gasteiger partial charge in [-0.05, 0) is 6.42 Å². The van der Waals surface area contributed by atoms with Crippen molar-refractivity contribution in [2.45, 2.75) is 19.8 Å². The van der Waals surface area contributed by atoms with Crippen LogP contribution in [0.25, 0.3) is 0 Å². The fraction of sp³-hybridized carbons (Fsp3) is 1.00. The van der Waals surface area contributed by atoms with Crippen LogP contribution >= 0.6 is 12.4 Å². The van der Waals surface area contributed by atoms with Crippen LogP contribution < -0.4 is 0 Å². The smallest absolute Gasteiger partial charge is 0.145 e. The zero-order valence-corrected chi connectivity index (χ0v) is 7.75. The van der Waals surface area contributed by atoms with E-state index in [0.717, 1.165) is 17.1 Å². The van der Waals surface area contributed by atoms with Crippen molar-refractivity contribution < 1.29 is 4.43 Å². The predicted molar refractivity (Wildman–Crippen MR) is 38.0 cm³/mol. The number of hydrogen-bond acceptors (Lipinski definition) is 1. The summed E-state index contributed by atoms with van der Waals surface area (Å²) >= 11 is 0. The molecule has 0 N–H and O–H groups in total. The number of unbranched alkanes of at least 4 members (excludes halogenated alkanes) is 1. The third-order valence-corrected chi connectivity index (χ3v) is 1.11. The minimum Gasteiger partial charge on any atom is -0.428 e. The van der Waals surface area contributed by atoms with Crippen molar-refractivity contribution in [3.8, 4) is 0 Å². The quantitative estimate of drug-likeness (QED) is 0.410. The van der Waals surface area contributed by atoms with Gasteiger partial charge in [0.25, 0.3) is 0 Å². The molecule has 0 fully saturated rings. The molecule has 46 valence electrons. The maximum atomic E-state index is 4.92. The Balaban J connectivity index is 0. The van der Waals surface area contributed by atoms with Gasteiger partial charge in [0, 0.05) is 6.61 Å². The van der Waals surface area contributed by atoms with Crippen LogP contribution in [0.4, 0.5) is 0 Å². The second-order valence-corrected chi connectivity index (χ2v) is 1.92. The van der Waals surface area contributed by atoms with Crippen molar-refractivity contribution in [1.82, 2.24) is 0 Å². The Bertz CT molecular complexity index is 23.7. The standard InChI is InChI=1S/C4H12OSi.ClH/c1-2-3-4-5-6;/h2-4H2,1,6H3;1H. The van der Waals surface area contributed by atoms with Gasteiger partial charge >= 0.3 is 0 Å². The minimum absolute atomic E-state index is 0. The Morgan fingerprint density at radius 1 is 1.57 bits per heavy atom. The largest absolute Gasteiger partial charge is 0.428 e. The van der Waals surface area contributed by atoms with Gasteiger partial charge in [-0.25, -0.2) is 0 Å².